The predicted molar refractivity (Wildman–Crippen MR) is 72.7 cm³/mol. The molecule has 100 valence electrons. The third-order valence-electron chi connectivity index (χ3n) is 3.92. The largest absolute Gasteiger partial charge is 0.383 e. The molecular weight excluding hydrogens is 234 g/mol. The fraction of sp³-hybridized carbons (Fsp3) is 1.00. The minimum atomic E-state index is 0.233. The minimum Gasteiger partial charge on any atom is -0.383 e. The van der Waals surface area contributed by atoms with Crippen LogP contribution in [0, 0.1) is 5.92 Å². The second-order valence-electron chi connectivity index (χ2n) is 5.20. The molecule has 0 radical (unpaired) electrons. The van der Waals surface area contributed by atoms with Gasteiger partial charge in [-0.05, 0) is 49.7 Å². The van der Waals surface area contributed by atoms with Crippen molar-refractivity contribution in [1.82, 2.24) is 5.32 Å². The van der Waals surface area contributed by atoms with Crippen LogP contribution in [-0.4, -0.2) is 50.5 Å². The fourth-order valence-electron chi connectivity index (χ4n) is 2.88. The molecule has 1 atom stereocenters. The topological polar surface area (TPSA) is 30.5 Å². The van der Waals surface area contributed by atoms with Crippen LogP contribution in [0.5, 0.6) is 0 Å². The first-order valence-electron chi connectivity index (χ1n) is 6.76. The lowest BCUT2D eigenvalue weighted by Gasteiger charge is -2.43. The van der Waals surface area contributed by atoms with Crippen LogP contribution in [0.1, 0.15) is 25.7 Å². The second kappa shape index (κ2) is 6.98. The first kappa shape index (κ1) is 13.7. The molecule has 4 heteroatoms. The molecular formula is C13H25NO2S. The number of nitrogens with one attached hydrogen (secondary N) is 1. The average molecular weight is 259 g/mol. The van der Waals surface area contributed by atoms with Crippen molar-refractivity contribution >= 4 is 11.8 Å². The van der Waals surface area contributed by atoms with Gasteiger partial charge < -0.3 is 14.8 Å². The highest BCUT2D eigenvalue weighted by Crippen LogP contribution is 2.39. The number of methoxy groups -OCH3 is 1. The fourth-order valence-corrected chi connectivity index (χ4v) is 4.11. The van der Waals surface area contributed by atoms with Crippen LogP contribution in [0.2, 0.25) is 0 Å². The van der Waals surface area contributed by atoms with Gasteiger partial charge in [-0.25, -0.2) is 0 Å². The van der Waals surface area contributed by atoms with E-state index in [1.54, 1.807) is 7.11 Å². The lowest BCUT2D eigenvalue weighted by atomic mass is 9.82. The van der Waals surface area contributed by atoms with Crippen LogP contribution < -0.4 is 5.32 Å². The van der Waals surface area contributed by atoms with Gasteiger partial charge in [-0.1, -0.05) is 0 Å². The van der Waals surface area contributed by atoms with Gasteiger partial charge in [0.2, 0.25) is 0 Å². The summed E-state index contributed by atoms with van der Waals surface area (Å²) < 4.78 is 11.1. The van der Waals surface area contributed by atoms with Crippen LogP contribution in [0.3, 0.4) is 0 Å². The van der Waals surface area contributed by atoms with Crippen molar-refractivity contribution in [1.29, 1.82) is 0 Å². The summed E-state index contributed by atoms with van der Waals surface area (Å²) in [6.07, 6.45) is 4.99. The second-order valence-corrected chi connectivity index (χ2v) is 6.42. The summed E-state index contributed by atoms with van der Waals surface area (Å²) in [5.41, 5.74) is 0.233. The Labute approximate surface area is 109 Å². The molecule has 0 aromatic carbocycles. The van der Waals surface area contributed by atoms with Gasteiger partial charge in [-0.2, -0.15) is 11.8 Å². The Morgan fingerprint density at radius 3 is 3.00 bits per heavy atom. The molecule has 0 aliphatic carbocycles. The van der Waals surface area contributed by atoms with E-state index in [0.29, 0.717) is 0 Å². The Bertz CT molecular complexity index is 214. The van der Waals surface area contributed by atoms with E-state index >= 15 is 0 Å². The van der Waals surface area contributed by atoms with E-state index < -0.39 is 0 Å². The standard InChI is InChI=1S/C13H25NO2S/c1-15-7-5-14-11-12-2-6-16-13(10-12)3-8-17-9-4-13/h12,14H,2-11H2,1H3. The first-order chi connectivity index (χ1) is 8.35. The Morgan fingerprint density at radius 2 is 2.24 bits per heavy atom. The lowest BCUT2D eigenvalue weighted by molar-refractivity contribution is -0.101. The van der Waals surface area contributed by atoms with Crippen LogP contribution >= 0.6 is 11.8 Å². The third kappa shape index (κ3) is 4.12. The molecule has 0 bridgehead atoms. The molecule has 0 aromatic rings. The van der Waals surface area contributed by atoms with Crippen molar-refractivity contribution in [2.24, 2.45) is 5.92 Å². The van der Waals surface area contributed by atoms with Crippen molar-refractivity contribution in [3.63, 3.8) is 0 Å². The SMILES string of the molecule is COCCNCC1CCOC2(CCSCC2)C1. The summed E-state index contributed by atoms with van der Waals surface area (Å²) in [6, 6.07) is 0. The minimum absolute atomic E-state index is 0.233. The molecule has 17 heavy (non-hydrogen) atoms. The summed E-state index contributed by atoms with van der Waals surface area (Å²) in [6.45, 7) is 3.87. The Hall–Kier alpha value is 0.230. The molecule has 1 N–H and O–H groups in total. The molecule has 2 rings (SSSR count). The van der Waals surface area contributed by atoms with Crippen molar-refractivity contribution in [3.8, 4) is 0 Å². The van der Waals surface area contributed by atoms with E-state index in [2.05, 4.69) is 17.1 Å². The Morgan fingerprint density at radius 1 is 1.41 bits per heavy atom. The highest BCUT2D eigenvalue weighted by Gasteiger charge is 2.38. The highest BCUT2D eigenvalue weighted by molar-refractivity contribution is 7.99. The van der Waals surface area contributed by atoms with Gasteiger partial charge in [0.15, 0.2) is 0 Å². The van der Waals surface area contributed by atoms with Crippen LogP contribution in [-0.2, 0) is 9.47 Å². The van der Waals surface area contributed by atoms with Gasteiger partial charge in [0, 0.05) is 20.3 Å². The average Bonchev–Trinajstić information content (AvgIpc) is 2.36. The Balaban J connectivity index is 1.72. The predicted octanol–water partition coefficient (Wildman–Crippen LogP) is 1.91. The highest BCUT2D eigenvalue weighted by atomic mass is 32.2. The Kier molecular flexibility index (Phi) is 5.60. The monoisotopic (exact) mass is 259 g/mol. The van der Waals surface area contributed by atoms with E-state index in [0.717, 1.165) is 32.2 Å². The third-order valence-corrected chi connectivity index (χ3v) is 4.90. The van der Waals surface area contributed by atoms with E-state index in [9.17, 15) is 0 Å². The molecule has 0 amide bonds. The number of ether oxygens (including phenoxy) is 2. The zero-order valence-electron chi connectivity index (χ0n) is 10.9. The van der Waals surface area contributed by atoms with E-state index in [1.165, 1.54) is 37.2 Å². The number of hydrogen-bond acceptors (Lipinski definition) is 4. The normalized spacial score (nSPS) is 28.4. The molecule has 0 aromatic heterocycles. The van der Waals surface area contributed by atoms with Gasteiger partial charge >= 0.3 is 0 Å². The van der Waals surface area contributed by atoms with Gasteiger partial charge in [0.25, 0.3) is 0 Å². The van der Waals surface area contributed by atoms with Crippen LogP contribution in [0.25, 0.3) is 0 Å². The molecule has 2 fully saturated rings. The molecule has 3 nitrogen and oxygen atoms in total. The molecule has 2 aliphatic rings. The maximum Gasteiger partial charge on any atom is 0.0701 e. The summed E-state index contributed by atoms with van der Waals surface area (Å²) >= 11 is 2.08. The molecule has 2 aliphatic heterocycles. The van der Waals surface area contributed by atoms with Crippen molar-refractivity contribution < 1.29 is 9.47 Å². The van der Waals surface area contributed by atoms with E-state index in [-0.39, 0.29) is 5.60 Å². The zero-order chi connectivity index (χ0) is 12.0. The van der Waals surface area contributed by atoms with E-state index in [1.807, 2.05) is 0 Å². The van der Waals surface area contributed by atoms with E-state index in [4.69, 9.17) is 9.47 Å². The smallest absolute Gasteiger partial charge is 0.0701 e. The molecule has 2 saturated heterocycles. The summed E-state index contributed by atoms with van der Waals surface area (Å²) in [5.74, 6) is 3.36. The van der Waals surface area contributed by atoms with Crippen molar-refractivity contribution in [3.05, 3.63) is 0 Å². The maximum atomic E-state index is 6.10. The van der Waals surface area contributed by atoms with Gasteiger partial charge in [-0.15, -0.1) is 0 Å². The lowest BCUT2D eigenvalue weighted by Crippen LogP contribution is -2.45. The number of rotatable bonds is 5. The quantitative estimate of drug-likeness (QED) is 0.764. The first-order valence-corrected chi connectivity index (χ1v) is 7.91. The number of hydrogen-bond donors (Lipinski definition) is 1. The van der Waals surface area contributed by atoms with Gasteiger partial charge in [0.05, 0.1) is 12.2 Å². The molecule has 2 heterocycles. The molecule has 1 unspecified atom stereocenters. The zero-order valence-corrected chi connectivity index (χ0v) is 11.7. The van der Waals surface area contributed by atoms with Gasteiger partial charge in [-0.3, -0.25) is 0 Å². The van der Waals surface area contributed by atoms with Crippen molar-refractivity contribution in [2.75, 3.05) is 44.9 Å². The number of thioether (sulfide) groups is 1. The van der Waals surface area contributed by atoms with Gasteiger partial charge in [0.1, 0.15) is 0 Å². The summed E-state index contributed by atoms with van der Waals surface area (Å²) in [7, 11) is 1.75. The van der Waals surface area contributed by atoms with Crippen LogP contribution in [0.4, 0.5) is 0 Å². The molecule has 0 saturated carbocycles. The summed E-state index contributed by atoms with van der Waals surface area (Å²) in [5, 5.41) is 3.49. The van der Waals surface area contributed by atoms with Crippen LogP contribution in [0.15, 0.2) is 0 Å². The van der Waals surface area contributed by atoms with Crippen molar-refractivity contribution in [2.45, 2.75) is 31.3 Å². The summed E-state index contributed by atoms with van der Waals surface area (Å²) in [4.78, 5) is 0. The molecule has 1 spiro atoms. The maximum absolute atomic E-state index is 6.10.